The zero-order chi connectivity index (χ0) is 23.6. The maximum absolute atomic E-state index is 11.6. The van der Waals surface area contributed by atoms with Gasteiger partial charge in [0.2, 0.25) is 0 Å². The number of aliphatic hydroxyl groups is 3. The Kier molecular flexibility index (Phi) is 11.3. The van der Waals surface area contributed by atoms with Crippen LogP contribution in [0.5, 0.6) is 0 Å². The highest BCUT2D eigenvalue weighted by Crippen LogP contribution is 2.26. The smallest absolute Gasteiger partial charge is 0.320 e. The van der Waals surface area contributed by atoms with Gasteiger partial charge in [0, 0.05) is 13.1 Å². The van der Waals surface area contributed by atoms with Crippen LogP contribution < -0.4 is 0 Å². The topological polar surface area (TPSA) is 186 Å². The largest absolute Gasteiger partial charge is 0.480 e. The van der Waals surface area contributed by atoms with Crippen molar-refractivity contribution in [3.8, 4) is 0 Å². The Hall–Kier alpha value is -1.87. The van der Waals surface area contributed by atoms with Crippen LogP contribution in [0.15, 0.2) is 0 Å². The SMILES string of the molecule is CCCN1N(CC(=O)O)N(CC(=O)O)N(CC(=O)O)CCCCCCC(O)C1(O)CO. The van der Waals surface area contributed by atoms with Gasteiger partial charge in [-0.15, -0.1) is 10.2 Å². The minimum absolute atomic E-state index is 0.0432. The molecule has 0 saturated carbocycles. The van der Waals surface area contributed by atoms with Crippen molar-refractivity contribution in [2.45, 2.75) is 57.3 Å². The van der Waals surface area contributed by atoms with Crippen LogP contribution in [0.4, 0.5) is 0 Å². The fraction of sp³-hybridized carbons (Fsp3) is 0.833. The first kappa shape index (κ1) is 27.2. The summed E-state index contributed by atoms with van der Waals surface area (Å²) < 4.78 is 0. The van der Waals surface area contributed by atoms with E-state index in [1.807, 2.05) is 0 Å². The predicted octanol–water partition coefficient (Wildman–Crippen LogP) is -1.39. The van der Waals surface area contributed by atoms with Crippen molar-refractivity contribution < 1.29 is 45.0 Å². The minimum Gasteiger partial charge on any atom is -0.480 e. The highest BCUT2D eigenvalue weighted by Gasteiger charge is 2.46. The first-order chi connectivity index (χ1) is 14.6. The quantitative estimate of drug-likeness (QED) is 0.241. The molecule has 180 valence electrons. The molecule has 0 radical (unpaired) electrons. The summed E-state index contributed by atoms with van der Waals surface area (Å²) in [5.74, 6) is -3.99. The molecule has 1 fully saturated rings. The summed E-state index contributed by atoms with van der Waals surface area (Å²) in [6.45, 7) is -1.38. The van der Waals surface area contributed by atoms with Crippen LogP contribution >= 0.6 is 0 Å². The van der Waals surface area contributed by atoms with E-state index in [9.17, 15) is 45.0 Å². The Morgan fingerprint density at radius 1 is 0.903 bits per heavy atom. The third-order valence-corrected chi connectivity index (χ3v) is 5.04. The van der Waals surface area contributed by atoms with Gasteiger partial charge in [0.05, 0.1) is 6.61 Å². The summed E-state index contributed by atoms with van der Waals surface area (Å²) in [4.78, 5) is 34.7. The zero-order valence-electron chi connectivity index (χ0n) is 17.8. The van der Waals surface area contributed by atoms with E-state index in [2.05, 4.69) is 0 Å². The van der Waals surface area contributed by atoms with Gasteiger partial charge in [0.25, 0.3) is 0 Å². The summed E-state index contributed by atoms with van der Waals surface area (Å²) in [5.41, 5.74) is -2.31. The molecule has 0 aromatic rings. The first-order valence-corrected chi connectivity index (χ1v) is 10.3. The third kappa shape index (κ3) is 7.96. The van der Waals surface area contributed by atoms with E-state index in [0.29, 0.717) is 32.1 Å². The monoisotopic (exact) mass is 450 g/mol. The molecule has 13 heteroatoms. The highest BCUT2D eigenvalue weighted by atomic mass is 16.4. The van der Waals surface area contributed by atoms with Crippen molar-refractivity contribution in [3.63, 3.8) is 0 Å². The van der Waals surface area contributed by atoms with Gasteiger partial charge in [-0.2, -0.15) is 5.01 Å². The summed E-state index contributed by atoms with van der Waals surface area (Å²) >= 11 is 0. The molecule has 13 nitrogen and oxygen atoms in total. The molecule has 1 aliphatic rings. The maximum atomic E-state index is 11.6. The number of aliphatic hydroxyl groups excluding tert-OH is 2. The van der Waals surface area contributed by atoms with Crippen molar-refractivity contribution in [1.29, 1.82) is 0 Å². The lowest BCUT2D eigenvalue weighted by molar-refractivity contribution is -0.356. The molecule has 1 saturated heterocycles. The van der Waals surface area contributed by atoms with Crippen molar-refractivity contribution in [3.05, 3.63) is 0 Å². The first-order valence-electron chi connectivity index (χ1n) is 10.3. The standard InChI is InChI=1S/C18H34N4O9/c1-2-8-20-18(31,13-23)14(24)7-5-3-4-6-9-19(10-15(25)26)21(11-16(27)28)22(20)12-17(29)30/h14,23-24,31H,2-13H2,1H3,(H,25,26)(H,27,28)(H,29,30). The molecule has 6 N–H and O–H groups in total. The molecule has 0 aliphatic carbocycles. The van der Waals surface area contributed by atoms with E-state index in [4.69, 9.17) is 0 Å². The molecule has 0 aromatic carbocycles. The van der Waals surface area contributed by atoms with E-state index in [1.54, 1.807) is 6.92 Å². The molecule has 0 bridgehead atoms. The molecule has 0 amide bonds. The number of carboxylic acids is 3. The number of carboxylic acid groups (broad SMARTS) is 3. The number of hydrogen-bond donors (Lipinski definition) is 6. The fourth-order valence-corrected chi connectivity index (χ4v) is 3.59. The molecule has 1 heterocycles. The van der Waals surface area contributed by atoms with Crippen molar-refractivity contribution in [1.82, 2.24) is 20.3 Å². The van der Waals surface area contributed by atoms with Gasteiger partial charge in [0.15, 0.2) is 5.72 Å². The minimum atomic E-state index is -2.31. The van der Waals surface area contributed by atoms with Crippen LogP contribution in [0, 0.1) is 0 Å². The number of aliphatic carboxylic acids is 3. The molecule has 0 aromatic heterocycles. The Balaban J connectivity index is 3.61. The molecular formula is C18H34N4O9. The second-order valence-electron chi connectivity index (χ2n) is 7.51. The lowest BCUT2D eigenvalue weighted by atomic mass is 9.99. The van der Waals surface area contributed by atoms with Gasteiger partial charge in [-0.3, -0.25) is 14.4 Å². The van der Waals surface area contributed by atoms with E-state index < -0.39 is 56.0 Å². The van der Waals surface area contributed by atoms with Crippen LogP contribution in [0.1, 0.15) is 45.4 Å². The van der Waals surface area contributed by atoms with Crippen LogP contribution in [0.2, 0.25) is 0 Å². The number of nitrogens with zero attached hydrogens (tertiary/aromatic N) is 4. The average molecular weight is 450 g/mol. The molecule has 31 heavy (non-hydrogen) atoms. The number of hydrogen-bond acceptors (Lipinski definition) is 10. The van der Waals surface area contributed by atoms with E-state index in [0.717, 1.165) is 15.2 Å². The van der Waals surface area contributed by atoms with Crippen molar-refractivity contribution in [2.24, 2.45) is 0 Å². The Morgan fingerprint density at radius 2 is 1.45 bits per heavy atom. The Morgan fingerprint density at radius 3 is 1.97 bits per heavy atom. The Labute approximate surface area is 180 Å². The van der Waals surface area contributed by atoms with Crippen LogP contribution in [0.25, 0.3) is 0 Å². The van der Waals surface area contributed by atoms with Crippen molar-refractivity contribution >= 4 is 17.9 Å². The summed E-state index contributed by atoms with van der Waals surface area (Å²) in [7, 11) is 0. The molecule has 2 atom stereocenters. The van der Waals surface area contributed by atoms with Gasteiger partial charge >= 0.3 is 17.9 Å². The molecule has 2 unspecified atom stereocenters. The summed E-state index contributed by atoms with van der Waals surface area (Å²) in [5, 5.41) is 64.2. The summed E-state index contributed by atoms with van der Waals surface area (Å²) in [6, 6.07) is 0. The Bertz CT molecular complexity index is 609. The van der Waals surface area contributed by atoms with Crippen molar-refractivity contribution in [2.75, 3.05) is 39.3 Å². The van der Waals surface area contributed by atoms with E-state index >= 15 is 0 Å². The molecular weight excluding hydrogens is 416 g/mol. The second-order valence-corrected chi connectivity index (χ2v) is 7.51. The van der Waals surface area contributed by atoms with Gasteiger partial charge in [-0.05, 0) is 19.3 Å². The van der Waals surface area contributed by atoms with Crippen LogP contribution in [-0.4, -0.2) is 120 Å². The number of hydrazine groups is 3. The van der Waals surface area contributed by atoms with E-state index in [-0.39, 0.29) is 19.5 Å². The van der Waals surface area contributed by atoms with Gasteiger partial charge in [-0.25, -0.2) is 5.01 Å². The predicted molar refractivity (Wildman–Crippen MR) is 106 cm³/mol. The summed E-state index contributed by atoms with van der Waals surface area (Å²) in [6.07, 6.45) is 1.39. The molecule has 1 rings (SSSR count). The lowest BCUT2D eigenvalue weighted by Gasteiger charge is -2.51. The van der Waals surface area contributed by atoms with Gasteiger partial charge in [0.1, 0.15) is 25.7 Å². The van der Waals surface area contributed by atoms with Gasteiger partial charge in [-0.1, -0.05) is 26.2 Å². The normalized spacial score (nSPS) is 26.1. The molecule has 0 spiro atoms. The van der Waals surface area contributed by atoms with Crippen LogP contribution in [0.3, 0.4) is 0 Å². The molecule has 1 aliphatic heterocycles. The lowest BCUT2D eigenvalue weighted by Crippen LogP contribution is -2.72. The zero-order valence-corrected chi connectivity index (χ0v) is 17.8. The number of carbonyl (C=O) groups is 3. The highest BCUT2D eigenvalue weighted by molar-refractivity contribution is 5.71. The fourth-order valence-electron chi connectivity index (χ4n) is 3.59. The number of rotatable bonds is 9. The van der Waals surface area contributed by atoms with E-state index in [1.165, 1.54) is 5.01 Å². The third-order valence-electron chi connectivity index (χ3n) is 5.04. The average Bonchev–Trinajstić information content (AvgIpc) is 2.68. The van der Waals surface area contributed by atoms with Crippen LogP contribution in [-0.2, 0) is 14.4 Å². The maximum Gasteiger partial charge on any atom is 0.320 e. The second kappa shape index (κ2) is 12.9. The van der Waals surface area contributed by atoms with Gasteiger partial charge < -0.3 is 30.6 Å².